The molecule has 1 amide bonds. The second-order valence-corrected chi connectivity index (χ2v) is 6.02. The van der Waals surface area contributed by atoms with E-state index in [2.05, 4.69) is 10.3 Å². The van der Waals surface area contributed by atoms with E-state index in [-0.39, 0.29) is 11.8 Å². The highest BCUT2D eigenvalue weighted by Crippen LogP contribution is 2.34. The van der Waals surface area contributed by atoms with Crippen molar-refractivity contribution in [1.29, 1.82) is 0 Å². The van der Waals surface area contributed by atoms with Crippen molar-refractivity contribution in [3.8, 4) is 5.75 Å². The Morgan fingerprint density at radius 1 is 1.57 bits per heavy atom. The molecule has 0 bridgehead atoms. The van der Waals surface area contributed by atoms with Crippen LogP contribution in [0.4, 0.5) is 10.8 Å². The molecule has 0 radical (unpaired) electrons. The third-order valence-corrected chi connectivity index (χ3v) is 4.38. The summed E-state index contributed by atoms with van der Waals surface area (Å²) in [6, 6.07) is 3.55. The quantitative estimate of drug-likeness (QED) is 0.849. The van der Waals surface area contributed by atoms with Crippen LogP contribution in [0.2, 0.25) is 0 Å². The molecule has 1 saturated heterocycles. The number of aromatic nitrogens is 1. The first-order valence-corrected chi connectivity index (χ1v) is 7.61. The van der Waals surface area contributed by atoms with Gasteiger partial charge in [-0.1, -0.05) is 11.3 Å². The van der Waals surface area contributed by atoms with Crippen LogP contribution in [0.3, 0.4) is 0 Å². The predicted molar refractivity (Wildman–Crippen MR) is 82.8 cm³/mol. The number of anilines is 2. The minimum absolute atomic E-state index is 0.0410. The van der Waals surface area contributed by atoms with Gasteiger partial charge < -0.3 is 20.5 Å². The van der Waals surface area contributed by atoms with Crippen molar-refractivity contribution in [3.63, 3.8) is 0 Å². The number of nitrogens with one attached hydrogen (secondary N) is 1. The lowest BCUT2D eigenvalue weighted by Gasteiger charge is -2.20. The fourth-order valence-corrected chi connectivity index (χ4v) is 3.32. The van der Waals surface area contributed by atoms with Crippen LogP contribution in [0.15, 0.2) is 12.1 Å². The molecule has 3 rings (SSSR count). The minimum atomic E-state index is -0.0993. The number of nitrogens with zero attached hydrogens (tertiary/aromatic N) is 1. The number of nitrogen functional groups attached to an aromatic ring is 1. The maximum Gasteiger partial charge on any atom is 0.231 e. The summed E-state index contributed by atoms with van der Waals surface area (Å²) in [6.45, 7) is 1.22. The summed E-state index contributed by atoms with van der Waals surface area (Å²) in [5, 5.41) is 3.42. The molecule has 0 saturated carbocycles. The Balaban J connectivity index is 1.82. The van der Waals surface area contributed by atoms with Crippen molar-refractivity contribution in [2.24, 2.45) is 5.92 Å². The van der Waals surface area contributed by atoms with E-state index in [0.717, 1.165) is 24.1 Å². The Morgan fingerprint density at radius 2 is 2.43 bits per heavy atom. The van der Waals surface area contributed by atoms with Gasteiger partial charge in [0.05, 0.1) is 24.3 Å². The summed E-state index contributed by atoms with van der Waals surface area (Å²) in [6.07, 6.45) is 1.77. The molecule has 3 N–H and O–H groups in total. The van der Waals surface area contributed by atoms with E-state index >= 15 is 0 Å². The monoisotopic (exact) mass is 307 g/mol. The number of thiazole rings is 1. The molecular weight excluding hydrogens is 290 g/mol. The number of ether oxygens (including phenoxy) is 2. The average molecular weight is 307 g/mol. The molecule has 2 aromatic rings. The Labute approximate surface area is 126 Å². The van der Waals surface area contributed by atoms with Crippen molar-refractivity contribution >= 4 is 38.3 Å². The van der Waals surface area contributed by atoms with E-state index in [9.17, 15) is 4.79 Å². The molecule has 1 aromatic carbocycles. The molecule has 1 unspecified atom stereocenters. The second-order valence-electron chi connectivity index (χ2n) is 4.99. The van der Waals surface area contributed by atoms with E-state index in [0.29, 0.717) is 28.7 Å². The van der Waals surface area contributed by atoms with Gasteiger partial charge in [0.2, 0.25) is 5.91 Å². The van der Waals surface area contributed by atoms with Crippen LogP contribution in [-0.4, -0.2) is 31.2 Å². The van der Waals surface area contributed by atoms with Crippen LogP contribution in [0.5, 0.6) is 5.75 Å². The first kappa shape index (κ1) is 14.1. The first-order valence-electron chi connectivity index (χ1n) is 6.80. The Kier molecular flexibility index (Phi) is 3.94. The van der Waals surface area contributed by atoms with Gasteiger partial charge in [0, 0.05) is 18.4 Å². The van der Waals surface area contributed by atoms with Crippen LogP contribution in [0.25, 0.3) is 10.2 Å². The molecule has 112 valence electrons. The van der Waals surface area contributed by atoms with Crippen LogP contribution in [-0.2, 0) is 9.53 Å². The lowest BCUT2D eigenvalue weighted by atomic mass is 10.0. The van der Waals surface area contributed by atoms with Crippen LogP contribution >= 0.6 is 11.3 Å². The van der Waals surface area contributed by atoms with Crippen molar-refractivity contribution < 1.29 is 14.3 Å². The molecule has 6 nitrogen and oxygen atoms in total. The smallest absolute Gasteiger partial charge is 0.231 e. The van der Waals surface area contributed by atoms with Crippen LogP contribution < -0.4 is 15.8 Å². The van der Waals surface area contributed by atoms with Crippen molar-refractivity contribution in [3.05, 3.63) is 12.1 Å². The second kappa shape index (κ2) is 5.87. The number of benzene rings is 1. The van der Waals surface area contributed by atoms with E-state index < -0.39 is 0 Å². The van der Waals surface area contributed by atoms with Gasteiger partial charge in [0.15, 0.2) is 5.13 Å². The van der Waals surface area contributed by atoms with E-state index in [4.69, 9.17) is 15.2 Å². The number of carbonyl (C=O) groups excluding carboxylic acids is 1. The molecule has 0 spiro atoms. The topological polar surface area (TPSA) is 86.5 Å². The van der Waals surface area contributed by atoms with Gasteiger partial charge in [0.1, 0.15) is 11.3 Å². The van der Waals surface area contributed by atoms with Gasteiger partial charge in [-0.2, -0.15) is 0 Å². The van der Waals surface area contributed by atoms with Crippen LogP contribution in [0, 0.1) is 5.92 Å². The molecule has 2 heterocycles. The van der Waals surface area contributed by atoms with Gasteiger partial charge in [-0.25, -0.2) is 4.98 Å². The van der Waals surface area contributed by atoms with Gasteiger partial charge >= 0.3 is 0 Å². The SMILES string of the molecule is COc1cc(N)cc2sc(NC(=O)C3CCCOC3)nc12. The molecule has 1 aliphatic rings. The summed E-state index contributed by atoms with van der Waals surface area (Å²) >= 11 is 1.39. The van der Waals surface area contributed by atoms with E-state index in [1.54, 1.807) is 13.2 Å². The maximum absolute atomic E-state index is 12.2. The highest BCUT2D eigenvalue weighted by atomic mass is 32.1. The van der Waals surface area contributed by atoms with Crippen molar-refractivity contribution in [2.75, 3.05) is 31.4 Å². The lowest BCUT2D eigenvalue weighted by Crippen LogP contribution is -2.30. The van der Waals surface area contributed by atoms with E-state index in [1.165, 1.54) is 11.3 Å². The van der Waals surface area contributed by atoms with Gasteiger partial charge in [-0.3, -0.25) is 4.79 Å². The van der Waals surface area contributed by atoms with Crippen LogP contribution in [0.1, 0.15) is 12.8 Å². The zero-order valence-corrected chi connectivity index (χ0v) is 12.5. The van der Waals surface area contributed by atoms with E-state index in [1.807, 2.05) is 6.07 Å². The third kappa shape index (κ3) is 2.93. The molecular formula is C14H17N3O3S. The van der Waals surface area contributed by atoms with Crippen molar-refractivity contribution in [2.45, 2.75) is 12.8 Å². The fraction of sp³-hybridized carbons (Fsp3) is 0.429. The van der Waals surface area contributed by atoms with Crippen molar-refractivity contribution in [1.82, 2.24) is 4.98 Å². The normalized spacial score (nSPS) is 18.6. The number of hydrogen-bond donors (Lipinski definition) is 2. The fourth-order valence-electron chi connectivity index (χ4n) is 2.38. The number of rotatable bonds is 3. The predicted octanol–water partition coefficient (Wildman–Crippen LogP) is 2.25. The van der Waals surface area contributed by atoms with Gasteiger partial charge in [-0.15, -0.1) is 0 Å². The molecule has 21 heavy (non-hydrogen) atoms. The average Bonchev–Trinajstić information content (AvgIpc) is 2.89. The molecule has 0 aliphatic carbocycles. The minimum Gasteiger partial charge on any atom is -0.494 e. The summed E-state index contributed by atoms with van der Waals surface area (Å²) in [4.78, 5) is 16.6. The molecule has 1 atom stereocenters. The zero-order chi connectivity index (χ0) is 14.8. The summed E-state index contributed by atoms with van der Waals surface area (Å²) in [5.41, 5.74) is 7.15. The number of amides is 1. The van der Waals surface area contributed by atoms with Gasteiger partial charge in [0.25, 0.3) is 0 Å². The third-order valence-electron chi connectivity index (χ3n) is 3.46. The molecule has 1 fully saturated rings. The number of fused-ring (bicyclic) bond motifs is 1. The number of nitrogens with two attached hydrogens (primary N) is 1. The summed E-state index contributed by atoms with van der Waals surface area (Å²) < 4.78 is 11.5. The molecule has 1 aromatic heterocycles. The summed E-state index contributed by atoms with van der Waals surface area (Å²) in [5.74, 6) is 0.473. The first-order chi connectivity index (χ1) is 10.2. The Hall–Kier alpha value is -1.86. The highest BCUT2D eigenvalue weighted by Gasteiger charge is 2.23. The largest absolute Gasteiger partial charge is 0.494 e. The Bertz CT molecular complexity index is 665. The standard InChI is InChI=1S/C14H17N3O3S/c1-19-10-5-9(15)6-11-12(10)16-14(21-11)17-13(18)8-3-2-4-20-7-8/h5-6,8H,2-4,7,15H2,1H3,(H,16,17,18). The number of hydrogen-bond acceptors (Lipinski definition) is 6. The summed E-state index contributed by atoms with van der Waals surface area (Å²) in [7, 11) is 1.57. The van der Waals surface area contributed by atoms with Gasteiger partial charge in [-0.05, 0) is 18.9 Å². The maximum atomic E-state index is 12.2. The molecule has 1 aliphatic heterocycles. The number of carbonyl (C=O) groups is 1. The lowest BCUT2D eigenvalue weighted by molar-refractivity contribution is -0.123. The zero-order valence-electron chi connectivity index (χ0n) is 11.7. The molecule has 7 heteroatoms. The highest BCUT2D eigenvalue weighted by molar-refractivity contribution is 7.22. The Morgan fingerprint density at radius 3 is 3.14 bits per heavy atom. The number of methoxy groups -OCH3 is 1.